The van der Waals surface area contributed by atoms with Gasteiger partial charge in [0.05, 0.1) is 19.1 Å². The SMILES string of the molecule is COC(=O)c1nn(-c2nc([N+](=O)[O-])nn2C)c(C(=O)OC)c1[N+](=O)[O-]. The smallest absolute Gasteiger partial charge is 0.464 e. The summed E-state index contributed by atoms with van der Waals surface area (Å²) in [4.78, 5) is 47.4. The van der Waals surface area contributed by atoms with E-state index in [2.05, 4.69) is 24.7 Å². The maximum absolute atomic E-state index is 12.0. The van der Waals surface area contributed by atoms with Gasteiger partial charge in [-0.2, -0.15) is 9.36 Å². The van der Waals surface area contributed by atoms with E-state index in [0.29, 0.717) is 4.68 Å². The Kier molecular flexibility index (Phi) is 4.40. The van der Waals surface area contributed by atoms with Crippen molar-refractivity contribution in [3.63, 3.8) is 0 Å². The molecule has 0 amide bonds. The normalized spacial score (nSPS) is 10.4. The molecule has 0 aromatic carbocycles. The molecule has 0 aliphatic rings. The molecule has 2 heterocycles. The van der Waals surface area contributed by atoms with Crippen LogP contribution in [0, 0.1) is 20.2 Å². The molecule has 0 atom stereocenters. The number of rotatable bonds is 5. The van der Waals surface area contributed by atoms with Crippen LogP contribution < -0.4 is 0 Å². The molecule has 0 aliphatic heterocycles. The van der Waals surface area contributed by atoms with Gasteiger partial charge in [0.25, 0.3) is 0 Å². The third-order valence-corrected chi connectivity index (χ3v) is 2.88. The fraction of sp³-hybridized carbons (Fsp3) is 0.300. The Bertz CT molecular complexity index is 897. The van der Waals surface area contributed by atoms with E-state index in [1.807, 2.05) is 0 Å². The molecule has 132 valence electrons. The lowest BCUT2D eigenvalue weighted by molar-refractivity contribution is -0.394. The van der Waals surface area contributed by atoms with Crippen LogP contribution >= 0.6 is 0 Å². The van der Waals surface area contributed by atoms with Gasteiger partial charge in [0.1, 0.15) is 0 Å². The first-order chi connectivity index (χ1) is 11.7. The zero-order valence-electron chi connectivity index (χ0n) is 12.9. The number of nitrogens with zero attached hydrogens (tertiary/aromatic N) is 7. The zero-order chi connectivity index (χ0) is 18.9. The van der Waals surface area contributed by atoms with E-state index < -0.39 is 50.8 Å². The molecule has 0 fully saturated rings. The predicted octanol–water partition coefficient (Wildman–Crippen LogP) is -0.610. The number of carbonyl (C=O) groups is 2. The van der Waals surface area contributed by atoms with Crippen molar-refractivity contribution in [2.45, 2.75) is 0 Å². The highest BCUT2D eigenvalue weighted by Gasteiger charge is 2.40. The quantitative estimate of drug-likeness (QED) is 0.378. The van der Waals surface area contributed by atoms with Crippen LogP contribution in [-0.2, 0) is 16.5 Å². The summed E-state index contributed by atoms with van der Waals surface area (Å²) in [6.07, 6.45) is 0. The van der Waals surface area contributed by atoms with E-state index in [1.54, 1.807) is 0 Å². The van der Waals surface area contributed by atoms with Gasteiger partial charge < -0.3 is 19.6 Å². The summed E-state index contributed by atoms with van der Waals surface area (Å²) >= 11 is 0. The van der Waals surface area contributed by atoms with Crippen LogP contribution in [0.3, 0.4) is 0 Å². The van der Waals surface area contributed by atoms with Crippen molar-refractivity contribution in [1.82, 2.24) is 24.5 Å². The molecular formula is C10H9N7O8. The molecule has 0 saturated carbocycles. The lowest BCUT2D eigenvalue weighted by Crippen LogP contribution is -2.15. The van der Waals surface area contributed by atoms with Gasteiger partial charge in [-0.3, -0.25) is 10.1 Å². The van der Waals surface area contributed by atoms with E-state index in [4.69, 9.17) is 0 Å². The fourth-order valence-electron chi connectivity index (χ4n) is 1.87. The van der Waals surface area contributed by atoms with Gasteiger partial charge in [0.2, 0.25) is 11.4 Å². The van der Waals surface area contributed by atoms with Crippen LogP contribution in [0.2, 0.25) is 0 Å². The second-order valence-corrected chi connectivity index (χ2v) is 4.29. The summed E-state index contributed by atoms with van der Waals surface area (Å²) in [5, 5.41) is 29.2. The average Bonchev–Trinajstić information content (AvgIpc) is 3.14. The number of esters is 2. The topological polar surface area (TPSA) is 187 Å². The Balaban J connectivity index is 2.85. The monoisotopic (exact) mass is 355 g/mol. The first kappa shape index (κ1) is 17.4. The third kappa shape index (κ3) is 2.84. The van der Waals surface area contributed by atoms with Crippen LogP contribution in [0.15, 0.2) is 0 Å². The molecule has 0 saturated heterocycles. The standard InChI is InChI=1S/C10H9N7O8/c1-14-10(11-9(13-14)17(22)23)15-6(8(19)25-3)5(16(20)21)4(12-15)7(18)24-2/h1-3H3. The minimum absolute atomic E-state index is 0.426. The molecule has 0 unspecified atom stereocenters. The molecular weight excluding hydrogens is 346 g/mol. The summed E-state index contributed by atoms with van der Waals surface area (Å²) in [6.45, 7) is 0. The molecule has 15 heteroatoms. The fourth-order valence-corrected chi connectivity index (χ4v) is 1.87. The summed E-state index contributed by atoms with van der Waals surface area (Å²) in [6, 6.07) is 0. The number of methoxy groups -OCH3 is 2. The Morgan fingerprint density at radius 2 is 1.64 bits per heavy atom. The van der Waals surface area contributed by atoms with Crippen molar-refractivity contribution in [2.24, 2.45) is 7.05 Å². The third-order valence-electron chi connectivity index (χ3n) is 2.88. The Hall–Kier alpha value is -3.91. The number of aryl methyl sites for hydroxylation is 1. The Morgan fingerprint density at radius 1 is 1.04 bits per heavy atom. The van der Waals surface area contributed by atoms with E-state index >= 15 is 0 Å². The summed E-state index contributed by atoms with van der Waals surface area (Å²) in [5.41, 5.74) is -2.58. The Morgan fingerprint density at radius 3 is 2.08 bits per heavy atom. The number of carbonyl (C=O) groups excluding carboxylic acids is 2. The van der Waals surface area contributed by atoms with E-state index in [9.17, 15) is 29.8 Å². The molecule has 0 bridgehead atoms. The second-order valence-electron chi connectivity index (χ2n) is 4.29. The van der Waals surface area contributed by atoms with Crippen molar-refractivity contribution in [1.29, 1.82) is 0 Å². The number of ether oxygens (including phenoxy) is 2. The molecule has 0 N–H and O–H groups in total. The number of nitro groups is 2. The highest BCUT2D eigenvalue weighted by Crippen LogP contribution is 2.27. The number of hydrogen-bond acceptors (Lipinski definition) is 11. The van der Waals surface area contributed by atoms with E-state index in [0.717, 1.165) is 18.9 Å². The van der Waals surface area contributed by atoms with E-state index in [1.165, 1.54) is 7.05 Å². The van der Waals surface area contributed by atoms with Gasteiger partial charge in [-0.25, -0.2) is 9.59 Å². The number of aromatic nitrogens is 5. The molecule has 2 aromatic rings. The van der Waals surface area contributed by atoms with Gasteiger partial charge in [0, 0.05) is 12.1 Å². The molecule has 2 aromatic heterocycles. The first-order valence-electron chi connectivity index (χ1n) is 6.22. The minimum Gasteiger partial charge on any atom is -0.464 e. The molecule has 0 aliphatic carbocycles. The van der Waals surface area contributed by atoms with Crippen molar-refractivity contribution in [3.05, 3.63) is 31.6 Å². The maximum Gasteiger partial charge on any atom is 0.493 e. The summed E-state index contributed by atoms with van der Waals surface area (Å²) in [7, 11) is 3.12. The van der Waals surface area contributed by atoms with Crippen molar-refractivity contribution in [2.75, 3.05) is 14.2 Å². The van der Waals surface area contributed by atoms with Gasteiger partial charge in [-0.15, -0.1) is 5.10 Å². The highest BCUT2D eigenvalue weighted by molar-refractivity contribution is 6.00. The van der Waals surface area contributed by atoms with Crippen LogP contribution in [0.4, 0.5) is 11.6 Å². The zero-order valence-corrected chi connectivity index (χ0v) is 12.9. The minimum atomic E-state index is -1.22. The molecule has 15 nitrogen and oxygen atoms in total. The molecule has 25 heavy (non-hydrogen) atoms. The van der Waals surface area contributed by atoms with Crippen LogP contribution in [0.25, 0.3) is 5.95 Å². The summed E-state index contributed by atoms with van der Waals surface area (Å²) in [5.74, 6) is -3.69. The van der Waals surface area contributed by atoms with Gasteiger partial charge in [0.15, 0.2) is 0 Å². The Labute approximate surface area is 137 Å². The predicted molar refractivity (Wildman–Crippen MR) is 74.1 cm³/mol. The van der Waals surface area contributed by atoms with Gasteiger partial charge >= 0.3 is 29.5 Å². The van der Waals surface area contributed by atoms with Gasteiger partial charge in [-0.05, 0) is 9.91 Å². The lowest BCUT2D eigenvalue weighted by atomic mass is 10.3. The van der Waals surface area contributed by atoms with Gasteiger partial charge in [-0.1, -0.05) is 0 Å². The molecule has 0 radical (unpaired) electrons. The number of hydrogen-bond donors (Lipinski definition) is 0. The maximum atomic E-state index is 12.0. The van der Waals surface area contributed by atoms with E-state index in [-0.39, 0.29) is 0 Å². The highest BCUT2D eigenvalue weighted by atomic mass is 16.6. The average molecular weight is 355 g/mol. The largest absolute Gasteiger partial charge is 0.493 e. The van der Waals surface area contributed by atoms with Crippen molar-refractivity contribution >= 4 is 23.6 Å². The van der Waals surface area contributed by atoms with Crippen molar-refractivity contribution in [3.8, 4) is 5.95 Å². The molecule has 2 rings (SSSR count). The van der Waals surface area contributed by atoms with Crippen LogP contribution in [0.5, 0.6) is 0 Å². The molecule has 0 spiro atoms. The van der Waals surface area contributed by atoms with Crippen LogP contribution in [-0.4, -0.2) is 60.5 Å². The first-order valence-corrected chi connectivity index (χ1v) is 6.22. The van der Waals surface area contributed by atoms with Crippen LogP contribution in [0.1, 0.15) is 21.0 Å². The lowest BCUT2D eigenvalue weighted by Gasteiger charge is -2.00. The second kappa shape index (κ2) is 6.30. The van der Waals surface area contributed by atoms with Crippen molar-refractivity contribution < 1.29 is 28.9 Å². The summed E-state index contributed by atoms with van der Waals surface area (Å²) < 4.78 is 10.3.